The molecule has 1 aromatic carbocycles. The number of aromatic nitrogens is 2. The Kier molecular flexibility index (Phi) is 4.43. The minimum Gasteiger partial charge on any atom is -0.356 e. The number of hydrogen-bond acceptors (Lipinski definition) is 3. The number of fused-ring (bicyclic) bond motifs is 4. The topological polar surface area (TPSA) is 46.9 Å². The standard InChI is InChI=1S/C22H27N3O/c1-3-14-25-20(26)18-19(24-21(25)23-4-2)17-11-7-6-10-16(17)15-22(18)12-8-5-9-13-22/h3,6-7,10-11H,1,4-5,8-9,12-15H2,2H3,(H,23,24). The highest BCUT2D eigenvalue weighted by molar-refractivity contribution is 5.72. The van der Waals surface area contributed by atoms with Gasteiger partial charge in [0.25, 0.3) is 5.56 Å². The zero-order valence-electron chi connectivity index (χ0n) is 15.6. The minimum absolute atomic E-state index is 0.0559. The van der Waals surface area contributed by atoms with Crippen LogP contribution in [0, 0.1) is 0 Å². The Bertz CT molecular complexity index is 891. The Morgan fingerprint density at radius 1 is 1.27 bits per heavy atom. The minimum atomic E-state index is -0.0559. The van der Waals surface area contributed by atoms with Crippen LogP contribution in [0.25, 0.3) is 11.3 Å². The molecule has 0 unspecified atom stereocenters. The molecule has 0 atom stereocenters. The second kappa shape index (κ2) is 6.75. The number of benzene rings is 1. The van der Waals surface area contributed by atoms with Crippen LogP contribution in [-0.2, 0) is 18.4 Å². The number of nitrogens with zero attached hydrogens (tertiary/aromatic N) is 2. The lowest BCUT2D eigenvalue weighted by atomic mass is 9.62. The summed E-state index contributed by atoms with van der Waals surface area (Å²) in [6, 6.07) is 8.47. The second-order valence-corrected chi connectivity index (χ2v) is 7.57. The van der Waals surface area contributed by atoms with Crippen molar-refractivity contribution in [3.63, 3.8) is 0 Å². The molecule has 1 N–H and O–H groups in total. The van der Waals surface area contributed by atoms with Gasteiger partial charge >= 0.3 is 0 Å². The first kappa shape index (κ1) is 17.1. The summed E-state index contributed by atoms with van der Waals surface area (Å²) in [6.07, 6.45) is 8.56. The fourth-order valence-corrected chi connectivity index (χ4v) is 4.83. The van der Waals surface area contributed by atoms with Crippen LogP contribution in [-0.4, -0.2) is 16.1 Å². The predicted molar refractivity (Wildman–Crippen MR) is 107 cm³/mol. The number of nitrogens with one attached hydrogen (secondary N) is 1. The molecule has 4 nitrogen and oxygen atoms in total. The average molecular weight is 349 g/mol. The number of hydrogen-bond donors (Lipinski definition) is 1. The maximum Gasteiger partial charge on any atom is 0.259 e. The van der Waals surface area contributed by atoms with Crippen molar-refractivity contribution in [2.75, 3.05) is 11.9 Å². The summed E-state index contributed by atoms with van der Waals surface area (Å²) in [4.78, 5) is 18.6. The van der Waals surface area contributed by atoms with Crippen LogP contribution in [0.2, 0.25) is 0 Å². The monoisotopic (exact) mass is 349 g/mol. The van der Waals surface area contributed by atoms with Gasteiger partial charge in [0.2, 0.25) is 5.95 Å². The Balaban J connectivity index is 2.03. The normalized spacial score (nSPS) is 17.4. The van der Waals surface area contributed by atoms with E-state index in [2.05, 4.69) is 30.1 Å². The molecule has 0 radical (unpaired) electrons. The highest BCUT2D eigenvalue weighted by Crippen LogP contribution is 2.48. The molecule has 0 bridgehead atoms. The van der Waals surface area contributed by atoms with Gasteiger partial charge in [-0.2, -0.15) is 0 Å². The molecule has 1 heterocycles. The maximum absolute atomic E-state index is 13.6. The van der Waals surface area contributed by atoms with Gasteiger partial charge in [-0.3, -0.25) is 9.36 Å². The number of allylic oxidation sites excluding steroid dienone is 1. The van der Waals surface area contributed by atoms with Gasteiger partial charge in [0.05, 0.1) is 11.3 Å². The molecule has 136 valence electrons. The maximum atomic E-state index is 13.6. The van der Waals surface area contributed by atoms with E-state index in [4.69, 9.17) is 4.98 Å². The largest absolute Gasteiger partial charge is 0.356 e. The molecule has 1 aromatic heterocycles. The van der Waals surface area contributed by atoms with Crippen molar-refractivity contribution in [1.29, 1.82) is 0 Å². The fourth-order valence-electron chi connectivity index (χ4n) is 4.83. The van der Waals surface area contributed by atoms with E-state index in [1.165, 1.54) is 24.8 Å². The molecule has 4 heteroatoms. The van der Waals surface area contributed by atoms with E-state index in [1.807, 2.05) is 13.0 Å². The highest BCUT2D eigenvalue weighted by atomic mass is 16.1. The van der Waals surface area contributed by atoms with Crippen molar-refractivity contribution in [2.24, 2.45) is 0 Å². The Morgan fingerprint density at radius 3 is 2.77 bits per heavy atom. The third-order valence-corrected chi connectivity index (χ3v) is 5.96. The van der Waals surface area contributed by atoms with Crippen molar-refractivity contribution in [3.8, 4) is 11.3 Å². The van der Waals surface area contributed by atoms with Crippen LogP contribution >= 0.6 is 0 Å². The van der Waals surface area contributed by atoms with Crippen molar-refractivity contribution in [1.82, 2.24) is 9.55 Å². The van der Waals surface area contributed by atoms with Gasteiger partial charge in [-0.1, -0.05) is 49.6 Å². The highest BCUT2D eigenvalue weighted by Gasteiger charge is 2.43. The summed E-state index contributed by atoms with van der Waals surface area (Å²) in [5.41, 5.74) is 4.36. The second-order valence-electron chi connectivity index (χ2n) is 7.57. The smallest absolute Gasteiger partial charge is 0.259 e. The quantitative estimate of drug-likeness (QED) is 0.838. The van der Waals surface area contributed by atoms with Crippen molar-refractivity contribution in [3.05, 3.63) is 58.4 Å². The van der Waals surface area contributed by atoms with Gasteiger partial charge in [0.15, 0.2) is 0 Å². The van der Waals surface area contributed by atoms with E-state index < -0.39 is 0 Å². The summed E-state index contributed by atoms with van der Waals surface area (Å²) in [6.45, 7) is 7.08. The molecule has 1 saturated carbocycles. The molecule has 4 rings (SSSR count). The molecular formula is C22H27N3O. The van der Waals surface area contributed by atoms with E-state index in [9.17, 15) is 4.79 Å². The van der Waals surface area contributed by atoms with Crippen LogP contribution in [0.5, 0.6) is 0 Å². The van der Waals surface area contributed by atoms with Gasteiger partial charge in [-0.15, -0.1) is 6.58 Å². The molecule has 0 saturated heterocycles. The van der Waals surface area contributed by atoms with E-state index in [1.54, 1.807) is 10.6 Å². The van der Waals surface area contributed by atoms with E-state index >= 15 is 0 Å². The molecule has 0 amide bonds. The molecular weight excluding hydrogens is 322 g/mol. The van der Waals surface area contributed by atoms with Gasteiger partial charge in [0.1, 0.15) is 0 Å². The zero-order chi connectivity index (χ0) is 18.1. The van der Waals surface area contributed by atoms with Gasteiger partial charge in [0, 0.05) is 24.1 Å². The first-order chi connectivity index (χ1) is 12.7. The van der Waals surface area contributed by atoms with Crippen LogP contribution in [0.1, 0.15) is 50.2 Å². The van der Waals surface area contributed by atoms with Crippen molar-refractivity contribution < 1.29 is 0 Å². The molecule has 26 heavy (non-hydrogen) atoms. The lowest BCUT2D eigenvalue weighted by Crippen LogP contribution is -2.43. The van der Waals surface area contributed by atoms with Crippen LogP contribution < -0.4 is 10.9 Å². The Hall–Kier alpha value is -2.36. The molecule has 1 fully saturated rings. The number of anilines is 1. The van der Waals surface area contributed by atoms with E-state index in [0.717, 1.165) is 42.6 Å². The SMILES string of the molecule is C=CCn1c(NCC)nc2c(c1=O)C1(CCCCC1)Cc1ccccc1-2. The summed E-state index contributed by atoms with van der Waals surface area (Å²) >= 11 is 0. The average Bonchev–Trinajstić information content (AvgIpc) is 2.65. The molecule has 2 aliphatic carbocycles. The fraction of sp³-hybridized carbons (Fsp3) is 0.455. The summed E-state index contributed by atoms with van der Waals surface area (Å²) < 4.78 is 1.76. The Morgan fingerprint density at radius 2 is 2.04 bits per heavy atom. The summed E-state index contributed by atoms with van der Waals surface area (Å²) in [5.74, 6) is 0.652. The molecule has 1 spiro atoms. The molecule has 2 aromatic rings. The first-order valence-electron chi connectivity index (χ1n) is 9.78. The predicted octanol–water partition coefficient (Wildman–Crippen LogP) is 4.29. The third kappa shape index (κ3) is 2.59. The number of rotatable bonds is 4. The molecule has 2 aliphatic rings. The van der Waals surface area contributed by atoms with Crippen molar-refractivity contribution in [2.45, 2.75) is 57.4 Å². The zero-order valence-corrected chi connectivity index (χ0v) is 15.6. The van der Waals surface area contributed by atoms with Crippen LogP contribution in [0.3, 0.4) is 0 Å². The van der Waals surface area contributed by atoms with Crippen LogP contribution in [0.15, 0.2) is 41.7 Å². The third-order valence-electron chi connectivity index (χ3n) is 5.96. The van der Waals surface area contributed by atoms with Crippen molar-refractivity contribution >= 4 is 5.95 Å². The van der Waals surface area contributed by atoms with Gasteiger partial charge in [-0.05, 0) is 31.7 Å². The van der Waals surface area contributed by atoms with Gasteiger partial charge < -0.3 is 5.32 Å². The Labute approximate surface area is 155 Å². The summed E-state index contributed by atoms with van der Waals surface area (Å²) in [5, 5.41) is 3.28. The van der Waals surface area contributed by atoms with E-state index in [-0.39, 0.29) is 11.0 Å². The van der Waals surface area contributed by atoms with Gasteiger partial charge in [-0.25, -0.2) is 4.98 Å². The van der Waals surface area contributed by atoms with E-state index in [0.29, 0.717) is 12.5 Å². The first-order valence-corrected chi connectivity index (χ1v) is 9.78. The molecule has 0 aliphatic heterocycles. The lowest BCUT2D eigenvalue weighted by molar-refractivity contribution is 0.284. The lowest BCUT2D eigenvalue weighted by Gasteiger charge is -2.42. The van der Waals surface area contributed by atoms with Crippen LogP contribution in [0.4, 0.5) is 5.95 Å². The summed E-state index contributed by atoms with van der Waals surface area (Å²) in [7, 11) is 0.